The second kappa shape index (κ2) is 3.97. The lowest BCUT2D eigenvalue weighted by molar-refractivity contribution is 0.0750. The van der Waals surface area contributed by atoms with Crippen LogP contribution in [-0.2, 0) is 0 Å². The molecule has 1 saturated carbocycles. The largest absolute Gasteiger partial charge is 0.373 e. The van der Waals surface area contributed by atoms with Crippen LogP contribution in [0.15, 0.2) is 12.8 Å². The summed E-state index contributed by atoms with van der Waals surface area (Å²) in [6, 6.07) is 0. The van der Waals surface area contributed by atoms with Crippen molar-refractivity contribution in [3.63, 3.8) is 0 Å². The molecule has 1 aliphatic carbocycles. The first-order chi connectivity index (χ1) is 5.73. The Morgan fingerprint density at radius 3 is 2.50 bits per heavy atom. The van der Waals surface area contributed by atoms with Crippen LogP contribution in [0.1, 0.15) is 46.0 Å². The second-order valence-corrected chi connectivity index (χ2v) is 4.08. The Morgan fingerprint density at radius 1 is 1.50 bits per heavy atom. The highest BCUT2D eigenvalue weighted by atomic mass is 15.2. The molecule has 0 saturated heterocycles. The van der Waals surface area contributed by atoms with Gasteiger partial charge in [0.2, 0.25) is 0 Å². The maximum absolute atomic E-state index is 3.89. The monoisotopic (exact) mass is 167 g/mol. The van der Waals surface area contributed by atoms with Crippen LogP contribution in [0.2, 0.25) is 0 Å². The first-order valence-corrected chi connectivity index (χ1v) is 5.12. The van der Waals surface area contributed by atoms with Gasteiger partial charge in [0, 0.05) is 12.1 Å². The smallest absolute Gasteiger partial charge is 0.0368 e. The molecule has 1 heteroatoms. The molecule has 0 atom stereocenters. The van der Waals surface area contributed by atoms with Gasteiger partial charge in [-0.1, -0.05) is 19.9 Å². The Hall–Kier alpha value is -0.460. The van der Waals surface area contributed by atoms with Crippen LogP contribution in [0.3, 0.4) is 0 Å². The molecule has 0 aliphatic heterocycles. The Balaban J connectivity index is 2.38. The topological polar surface area (TPSA) is 3.24 Å². The minimum absolute atomic E-state index is 0.455. The molecule has 1 nitrogen and oxygen atoms in total. The van der Waals surface area contributed by atoms with Crippen molar-refractivity contribution < 1.29 is 0 Å². The molecule has 0 aromatic carbocycles. The fraction of sp³-hybridized carbons (Fsp3) is 0.818. The van der Waals surface area contributed by atoms with Crippen molar-refractivity contribution in [2.75, 3.05) is 6.54 Å². The molecule has 0 aromatic rings. The summed E-state index contributed by atoms with van der Waals surface area (Å²) in [4.78, 5) is 2.43. The van der Waals surface area contributed by atoms with E-state index in [0.717, 1.165) is 0 Å². The fourth-order valence-corrected chi connectivity index (χ4v) is 1.89. The van der Waals surface area contributed by atoms with Gasteiger partial charge >= 0.3 is 0 Å². The predicted octanol–water partition coefficient (Wildman–Crippen LogP) is 3.17. The third kappa shape index (κ3) is 1.82. The molecule has 0 unspecified atom stereocenters. The van der Waals surface area contributed by atoms with Crippen molar-refractivity contribution in [2.45, 2.75) is 51.5 Å². The molecule has 0 N–H and O–H groups in total. The summed E-state index contributed by atoms with van der Waals surface area (Å²) in [5.74, 6) is 0. The van der Waals surface area contributed by atoms with Gasteiger partial charge < -0.3 is 4.90 Å². The summed E-state index contributed by atoms with van der Waals surface area (Å²) in [6.45, 7) is 9.67. The first-order valence-electron chi connectivity index (χ1n) is 5.12. The summed E-state index contributed by atoms with van der Waals surface area (Å²) in [7, 11) is 0. The summed E-state index contributed by atoms with van der Waals surface area (Å²) in [6.07, 6.45) is 8.69. The lowest BCUT2D eigenvalue weighted by Gasteiger charge is -2.47. The Bertz CT molecular complexity index is 147. The van der Waals surface area contributed by atoms with E-state index in [9.17, 15) is 0 Å². The van der Waals surface area contributed by atoms with Crippen LogP contribution >= 0.6 is 0 Å². The van der Waals surface area contributed by atoms with E-state index < -0.39 is 0 Å². The van der Waals surface area contributed by atoms with Crippen molar-refractivity contribution >= 4 is 0 Å². The van der Waals surface area contributed by atoms with Crippen LogP contribution in [-0.4, -0.2) is 17.0 Å². The summed E-state index contributed by atoms with van der Waals surface area (Å²) < 4.78 is 0. The van der Waals surface area contributed by atoms with Crippen LogP contribution in [0, 0.1) is 0 Å². The van der Waals surface area contributed by atoms with Gasteiger partial charge in [0.25, 0.3) is 0 Å². The van der Waals surface area contributed by atoms with Crippen LogP contribution in [0.5, 0.6) is 0 Å². The summed E-state index contributed by atoms with van der Waals surface area (Å²) in [5, 5.41) is 0. The molecule has 0 radical (unpaired) electrons. The van der Waals surface area contributed by atoms with E-state index >= 15 is 0 Å². The van der Waals surface area contributed by atoms with Gasteiger partial charge in [-0.2, -0.15) is 0 Å². The van der Waals surface area contributed by atoms with E-state index in [-0.39, 0.29) is 0 Å². The predicted molar refractivity (Wildman–Crippen MR) is 54.1 cm³/mol. The van der Waals surface area contributed by atoms with Crippen LogP contribution < -0.4 is 0 Å². The zero-order valence-corrected chi connectivity index (χ0v) is 8.47. The average molecular weight is 167 g/mol. The Kier molecular flexibility index (Phi) is 3.19. The minimum Gasteiger partial charge on any atom is -0.373 e. The standard InChI is InChI=1S/C11H21N/c1-4-6-10-12(5-2)11(3)8-7-9-11/h5H,2,4,6-10H2,1,3H3. The third-order valence-electron chi connectivity index (χ3n) is 3.10. The Labute approximate surface area is 76.5 Å². The zero-order chi connectivity index (χ0) is 9.03. The maximum atomic E-state index is 3.89. The van der Waals surface area contributed by atoms with E-state index in [4.69, 9.17) is 0 Å². The molecule has 70 valence electrons. The third-order valence-corrected chi connectivity index (χ3v) is 3.10. The van der Waals surface area contributed by atoms with E-state index in [0.29, 0.717) is 5.54 Å². The molecule has 1 rings (SSSR count). The molecule has 1 aliphatic rings. The Morgan fingerprint density at radius 2 is 2.17 bits per heavy atom. The fourth-order valence-electron chi connectivity index (χ4n) is 1.89. The molecule has 0 aromatic heterocycles. The van der Waals surface area contributed by atoms with Crippen molar-refractivity contribution in [3.8, 4) is 0 Å². The second-order valence-electron chi connectivity index (χ2n) is 4.08. The van der Waals surface area contributed by atoms with Crippen LogP contribution in [0.4, 0.5) is 0 Å². The van der Waals surface area contributed by atoms with Crippen LogP contribution in [0.25, 0.3) is 0 Å². The van der Waals surface area contributed by atoms with Crippen molar-refractivity contribution in [2.24, 2.45) is 0 Å². The molecular formula is C11H21N. The van der Waals surface area contributed by atoms with Gasteiger partial charge in [-0.3, -0.25) is 0 Å². The number of hydrogen-bond acceptors (Lipinski definition) is 1. The maximum Gasteiger partial charge on any atom is 0.0368 e. The quantitative estimate of drug-likeness (QED) is 0.608. The lowest BCUT2D eigenvalue weighted by Crippen LogP contribution is -2.48. The SMILES string of the molecule is C=CN(CCCC)C1(C)CCC1. The number of nitrogens with zero attached hydrogens (tertiary/aromatic N) is 1. The summed E-state index contributed by atoms with van der Waals surface area (Å²) >= 11 is 0. The molecule has 0 spiro atoms. The van der Waals surface area contributed by atoms with Gasteiger partial charge in [-0.05, 0) is 38.8 Å². The first kappa shape index (κ1) is 9.63. The van der Waals surface area contributed by atoms with E-state index in [1.165, 1.54) is 38.6 Å². The molecule has 0 bridgehead atoms. The van der Waals surface area contributed by atoms with E-state index in [1.54, 1.807) is 0 Å². The normalized spacial score (nSPS) is 19.8. The van der Waals surface area contributed by atoms with Gasteiger partial charge in [0.1, 0.15) is 0 Å². The van der Waals surface area contributed by atoms with Gasteiger partial charge in [0.15, 0.2) is 0 Å². The number of unbranched alkanes of at least 4 members (excludes halogenated alkanes) is 1. The highest BCUT2D eigenvalue weighted by molar-refractivity contribution is 4.97. The highest BCUT2D eigenvalue weighted by Crippen LogP contribution is 2.37. The van der Waals surface area contributed by atoms with Gasteiger partial charge in [0.05, 0.1) is 0 Å². The molecule has 1 fully saturated rings. The molecule has 12 heavy (non-hydrogen) atoms. The van der Waals surface area contributed by atoms with Crippen molar-refractivity contribution in [1.82, 2.24) is 4.90 Å². The molecule has 0 amide bonds. The number of rotatable bonds is 5. The average Bonchev–Trinajstić information content (AvgIpc) is 2.02. The zero-order valence-electron chi connectivity index (χ0n) is 8.47. The van der Waals surface area contributed by atoms with E-state index in [2.05, 4.69) is 25.3 Å². The lowest BCUT2D eigenvalue weighted by atomic mass is 9.77. The highest BCUT2D eigenvalue weighted by Gasteiger charge is 2.35. The van der Waals surface area contributed by atoms with Crippen molar-refractivity contribution in [3.05, 3.63) is 12.8 Å². The van der Waals surface area contributed by atoms with Gasteiger partial charge in [-0.15, -0.1) is 0 Å². The number of hydrogen-bond donors (Lipinski definition) is 0. The van der Waals surface area contributed by atoms with E-state index in [1.807, 2.05) is 6.20 Å². The molecule has 0 heterocycles. The van der Waals surface area contributed by atoms with Crippen molar-refractivity contribution in [1.29, 1.82) is 0 Å². The summed E-state index contributed by atoms with van der Waals surface area (Å²) in [5.41, 5.74) is 0.455. The van der Waals surface area contributed by atoms with Gasteiger partial charge in [-0.25, -0.2) is 0 Å². The molecular weight excluding hydrogens is 146 g/mol. The minimum atomic E-state index is 0.455.